The van der Waals surface area contributed by atoms with E-state index in [-0.39, 0.29) is 0 Å². The van der Waals surface area contributed by atoms with Crippen LogP contribution in [0.1, 0.15) is 21.5 Å². The van der Waals surface area contributed by atoms with Gasteiger partial charge in [-0.1, -0.05) is 6.07 Å². The molecular formula is C15H12F3NO2. The first kappa shape index (κ1) is 15.0. The number of ether oxygens (including phenoxy) is 1. The Kier molecular flexibility index (Phi) is 3.97. The molecule has 0 atom stereocenters. The van der Waals surface area contributed by atoms with Gasteiger partial charge in [0.25, 0.3) is 0 Å². The predicted octanol–water partition coefficient (Wildman–Crippen LogP) is 3.86. The highest BCUT2D eigenvalue weighted by atomic mass is 19.4. The Balaban J connectivity index is 2.46. The fraction of sp³-hybridized carbons (Fsp3) is 0.200. The van der Waals surface area contributed by atoms with Crippen molar-refractivity contribution in [2.75, 3.05) is 7.11 Å². The molecule has 0 aliphatic carbocycles. The number of rotatable bonds is 2. The number of hydrogen-bond acceptors (Lipinski definition) is 3. The van der Waals surface area contributed by atoms with Crippen molar-refractivity contribution in [3.05, 3.63) is 53.2 Å². The van der Waals surface area contributed by atoms with Crippen LogP contribution in [0, 0.1) is 6.92 Å². The molecule has 0 N–H and O–H groups in total. The number of benzene rings is 1. The van der Waals surface area contributed by atoms with Gasteiger partial charge in [0.05, 0.1) is 23.9 Å². The largest absolute Gasteiger partial charge is 0.465 e. The van der Waals surface area contributed by atoms with Crippen LogP contribution in [0.15, 0.2) is 36.5 Å². The molecule has 0 aliphatic heterocycles. The van der Waals surface area contributed by atoms with E-state index in [0.29, 0.717) is 22.4 Å². The summed E-state index contributed by atoms with van der Waals surface area (Å²) >= 11 is 0. The van der Waals surface area contributed by atoms with Crippen LogP contribution in [-0.4, -0.2) is 18.1 Å². The van der Waals surface area contributed by atoms with Crippen LogP contribution in [0.5, 0.6) is 0 Å². The van der Waals surface area contributed by atoms with Crippen molar-refractivity contribution in [3.63, 3.8) is 0 Å². The number of esters is 1. The molecule has 2 aromatic rings. The number of pyridine rings is 1. The molecule has 2 rings (SSSR count). The minimum atomic E-state index is -4.38. The normalized spacial score (nSPS) is 11.3. The van der Waals surface area contributed by atoms with Crippen molar-refractivity contribution in [2.24, 2.45) is 0 Å². The first-order valence-corrected chi connectivity index (χ1v) is 6.05. The Labute approximate surface area is 119 Å². The zero-order valence-corrected chi connectivity index (χ0v) is 11.4. The molecule has 0 spiro atoms. The van der Waals surface area contributed by atoms with Crippen LogP contribution in [0.3, 0.4) is 0 Å². The van der Waals surface area contributed by atoms with Crippen LogP contribution in [0.25, 0.3) is 11.3 Å². The molecular weight excluding hydrogens is 283 g/mol. The van der Waals surface area contributed by atoms with Crippen molar-refractivity contribution in [3.8, 4) is 11.3 Å². The van der Waals surface area contributed by atoms with Gasteiger partial charge in [-0.05, 0) is 36.8 Å². The lowest BCUT2D eigenvalue weighted by Crippen LogP contribution is -2.05. The van der Waals surface area contributed by atoms with Gasteiger partial charge >= 0.3 is 12.1 Å². The lowest BCUT2D eigenvalue weighted by atomic mass is 10.0. The van der Waals surface area contributed by atoms with Gasteiger partial charge in [0.1, 0.15) is 0 Å². The van der Waals surface area contributed by atoms with Gasteiger partial charge in [0.2, 0.25) is 0 Å². The predicted molar refractivity (Wildman–Crippen MR) is 70.8 cm³/mol. The standard InChI is InChI=1S/C15H12F3NO2/c1-9-7-11(15(16,17)18)3-4-12(9)13-8-10(5-6-19-13)14(20)21-2/h3-8H,1-2H3. The first-order valence-electron chi connectivity index (χ1n) is 6.05. The van der Waals surface area contributed by atoms with Crippen molar-refractivity contribution < 1.29 is 22.7 Å². The highest BCUT2D eigenvalue weighted by molar-refractivity contribution is 5.90. The summed E-state index contributed by atoms with van der Waals surface area (Å²) in [6.07, 6.45) is -2.97. The molecule has 1 heterocycles. The second-order valence-corrected chi connectivity index (χ2v) is 4.45. The molecule has 110 valence electrons. The maximum absolute atomic E-state index is 12.6. The van der Waals surface area contributed by atoms with Gasteiger partial charge in [0, 0.05) is 11.8 Å². The van der Waals surface area contributed by atoms with E-state index in [4.69, 9.17) is 0 Å². The topological polar surface area (TPSA) is 39.2 Å². The summed E-state index contributed by atoms with van der Waals surface area (Å²) in [7, 11) is 1.26. The molecule has 1 aromatic carbocycles. The number of alkyl halides is 3. The van der Waals surface area contributed by atoms with Gasteiger partial charge in [-0.15, -0.1) is 0 Å². The van der Waals surface area contributed by atoms with E-state index in [1.165, 1.54) is 31.5 Å². The second kappa shape index (κ2) is 5.55. The van der Waals surface area contributed by atoms with Gasteiger partial charge in [-0.3, -0.25) is 4.98 Å². The summed E-state index contributed by atoms with van der Waals surface area (Å²) in [4.78, 5) is 15.6. The highest BCUT2D eigenvalue weighted by Gasteiger charge is 2.30. The third-order valence-corrected chi connectivity index (χ3v) is 3.01. The molecule has 0 unspecified atom stereocenters. The number of aryl methyl sites for hydroxylation is 1. The van der Waals surface area contributed by atoms with Crippen LogP contribution >= 0.6 is 0 Å². The second-order valence-electron chi connectivity index (χ2n) is 4.45. The average Bonchev–Trinajstić information content (AvgIpc) is 2.45. The van der Waals surface area contributed by atoms with E-state index in [2.05, 4.69) is 9.72 Å². The molecule has 0 saturated heterocycles. The van der Waals surface area contributed by atoms with Gasteiger partial charge in [-0.2, -0.15) is 13.2 Å². The Morgan fingerprint density at radius 1 is 1.19 bits per heavy atom. The summed E-state index contributed by atoms with van der Waals surface area (Å²) in [6.45, 7) is 1.57. The summed E-state index contributed by atoms with van der Waals surface area (Å²) in [5.74, 6) is -0.525. The fourth-order valence-corrected chi connectivity index (χ4v) is 1.95. The Morgan fingerprint density at radius 3 is 2.48 bits per heavy atom. The molecule has 0 radical (unpaired) electrons. The monoisotopic (exact) mass is 295 g/mol. The minimum Gasteiger partial charge on any atom is -0.465 e. The van der Waals surface area contributed by atoms with Crippen LogP contribution < -0.4 is 0 Å². The summed E-state index contributed by atoms with van der Waals surface area (Å²) in [5, 5.41) is 0. The Hall–Kier alpha value is -2.37. The van der Waals surface area contributed by atoms with Crippen LogP contribution in [-0.2, 0) is 10.9 Å². The molecule has 21 heavy (non-hydrogen) atoms. The highest BCUT2D eigenvalue weighted by Crippen LogP contribution is 2.32. The van der Waals surface area contributed by atoms with E-state index in [1.54, 1.807) is 6.92 Å². The zero-order chi connectivity index (χ0) is 15.6. The first-order chi connectivity index (χ1) is 9.82. The van der Waals surface area contributed by atoms with Gasteiger partial charge in [-0.25, -0.2) is 4.79 Å². The molecule has 3 nitrogen and oxygen atoms in total. The molecule has 0 fully saturated rings. The van der Waals surface area contributed by atoms with Crippen LogP contribution in [0.4, 0.5) is 13.2 Å². The minimum absolute atomic E-state index is 0.293. The smallest absolute Gasteiger partial charge is 0.416 e. The fourth-order valence-electron chi connectivity index (χ4n) is 1.95. The van der Waals surface area contributed by atoms with E-state index < -0.39 is 17.7 Å². The molecule has 6 heteroatoms. The Bertz CT molecular complexity index is 681. The summed E-state index contributed by atoms with van der Waals surface area (Å²) in [6, 6.07) is 6.37. The third-order valence-electron chi connectivity index (χ3n) is 3.01. The van der Waals surface area contributed by atoms with E-state index in [0.717, 1.165) is 12.1 Å². The molecule has 0 saturated carbocycles. The van der Waals surface area contributed by atoms with E-state index >= 15 is 0 Å². The number of methoxy groups -OCH3 is 1. The van der Waals surface area contributed by atoms with E-state index in [1.807, 2.05) is 0 Å². The number of carbonyl (C=O) groups excluding carboxylic acids is 1. The quantitative estimate of drug-likeness (QED) is 0.790. The molecule has 0 amide bonds. The van der Waals surface area contributed by atoms with Gasteiger partial charge in [0.15, 0.2) is 0 Å². The Morgan fingerprint density at radius 2 is 1.90 bits per heavy atom. The molecule has 0 aliphatic rings. The van der Waals surface area contributed by atoms with Crippen molar-refractivity contribution >= 4 is 5.97 Å². The van der Waals surface area contributed by atoms with Crippen molar-refractivity contribution in [2.45, 2.75) is 13.1 Å². The number of halogens is 3. The van der Waals surface area contributed by atoms with E-state index in [9.17, 15) is 18.0 Å². The lowest BCUT2D eigenvalue weighted by molar-refractivity contribution is -0.137. The maximum Gasteiger partial charge on any atom is 0.416 e. The number of nitrogens with zero attached hydrogens (tertiary/aromatic N) is 1. The maximum atomic E-state index is 12.6. The average molecular weight is 295 g/mol. The zero-order valence-electron chi connectivity index (χ0n) is 11.4. The molecule has 1 aromatic heterocycles. The SMILES string of the molecule is COC(=O)c1ccnc(-c2ccc(C(F)(F)F)cc2C)c1. The number of hydrogen-bond donors (Lipinski definition) is 0. The lowest BCUT2D eigenvalue weighted by Gasteiger charge is -2.11. The van der Waals surface area contributed by atoms with Crippen molar-refractivity contribution in [1.82, 2.24) is 4.98 Å². The molecule has 0 bridgehead atoms. The summed E-state index contributed by atoms with van der Waals surface area (Å²) < 4.78 is 42.5. The van der Waals surface area contributed by atoms with Crippen LogP contribution in [0.2, 0.25) is 0 Å². The van der Waals surface area contributed by atoms with Crippen molar-refractivity contribution in [1.29, 1.82) is 0 Å². The number of aromatic nitrogens is 1. The third kappa shape index (κ3) is 3.21. The van der Waals surface area contributed by atoms with Gasteiger partial charge < -0.3 is 4.74 Å². The number of carbonyl (C=O) groups is 1. The summed E-state index contributed by atoms with van der Waals surface area (Å²) in [5.41, 5.74) is 0.965.